The van der Waals surface area contributed by atoms with Crippen molar-refractivity contribution in [3.05, 3.63) is 65.2 Å². The number of amides is 5. The van der Waals surface area contributed by atoms with E-state index in [4.69, 9.17) is 4.74 Å². The number of carbonyl (C=O) groups is 4. The van der Waals surface area contributed by atoms with E-state index in [0.29, 0.717) is 58.3 Å². The van der Waals surface area contributed by atoms with E-state index in [1.54, 1.807) is 9.80 Å². The van der Waals surface area contributed by atoms with Crippen molar-refractivity contribution in [1.29, 1.82) is 0 Å². The van der Waals surface area contributed by atoms with Crippen molar-refractivity contribution >= 4 is 29.6 Å². The van der Waals surface area contributed by atoms with Crippen LogP contribution in [0.4, 0.5) is 15.3 Å². The molecule has 0 aromatic heterocycles. The first-order valence-electron chi connectivity index (χ1n) is 16.4. The molecule has 2 aromatic carbocycles. The second-order valence-electron chi connectivity index (χ2n) is 12.3. The number of anilines is 1. The highest BCUT2D eigenvalue weighted by Crippen LogP contribution is 2.35. The van der Waals surface area contributed by atoms with E-state index in [1.165, 1.54) is 0 Å². The molecular weight excluding hydrogens is 570 g/mol. The van der Waals surface area contributed by atoms with Gasteiger partial charge in [0.2, 0.25) is 11.8 Å². The van der Waals surface area contributed by atoms with Crippen molar-refractivity contribution in [3.63, 3.8) is 0 Å². The van der Waals surface area contributed by atoms with Crippen LogP contribution in [0.3, 0.4) is 0 Å². The lowest BCUT2D eigenvalue weighted by atomic mass is 9.81. The molecule has 2 aliphatic rings. The normalized spacial score (nSPS) is 17.8. The van der Waals surface area contributed by atoms with E-state index >= 15 is 0 Å². The monoisotopic (exact) mass is 619 g/mol. The lowest BCUT2D eigenvalue weighted by Crippen LogP contribution is -2.73. The van der Waals surface area contributed by atoms with Gasteiger partial charge in [-0.25, -0.2) is 9.59 Å². The average Bonchev–Trinajstić information content (AvgIpc) is 3.05. The third kappa shape index (κ3) is 8.15. The fourth-order valence-electron chi connectivity index (χ4n) is 6.37. The number of urea groups is 1. The molecule has 3 N–H and O–H groups in total. The van der Waals surface area contributed by atoms with Gasteiger partial charge >= 0.3 is 12.1 Å². The van der Waals surface area contributed by atoms with Crippen molar-refractivity contribution in [2.24, 2.45) is 0 Å². The highest BCUT2D eigenvalue weighted by molar-refractivity contribution is 6.00. The van der Waals surface area contributed by atoms with Crippen LogP contribution >= 0.6 is 0 Å². The third-order valence-corrected chi connectivity index (χ3v) is 8.95. The van der Waals surface area contributed by atoms with E-state index in [0.717, 1.165) is 35.2 Å². The molecule has 10 heteroatoms. The maximum atomic E-state index is 13.7. The first-order valence-corrected chi connectivity index (χ1v) is 16.4. The summed E-state index contributed by atoms with van der Waals surface area (Å²) in [6.45, 7) is 10.2. The van der Waals surface area contributed by atoms with Crippen molar-refractivity contribution in [2.45, 2.75) is 96.7 Å². The molecule has 0 radical (unpaired) electrons. The zero-order valence-corrected chi connectivity index (χ0v) is 27.2. The standard InChI is InChI=1S/C35H49N5O5/c1-5-21-40-31(41)29(17-10-11-20-36-34(44)45-24-26-13-8-7-9-14-26)37-32(42)35(40)18-22-39(23-19-35)33(43)38-30-27(6-2)15-12-16-28(30)25(3)4/h7-9,12-16,25,29H,5-6,10-11,17-24H2,1-4H3,(H,36,44)(H,37,42)(H,38,43)/t29-/m0/s1. The molecule has 2 aliphatic heterocycles. The number of benzene rings is 2. The Bertz CT molecular complexity index is 1320. The zero-order valence-electron chi connectivity index (χ0n) is 27.2. The van der Waals surface area contributed by atoms with E-state index in [9.17, 15) is 19.2 Å². The minimum absolute atomic E-state index is 0.0666. The van der Waals surface area contributed by atoms with Crippen LogP contribution in [-0.4, -0.2) is 71.5 Å². The number of hydrogen-bond donors (Lipinski definition) is 3. The van der Waals surface area contributed by atoms with E-state index in [2.05, 4.69) is 42.8 Å². The lowest BCUT2D eigenvalue weighted by molar-refractivity contribution is -0.160. The molecule has 0 unspecified atom stereocenters. The van der Waals surface area contributed by atoms with Gasteiger partial charge in [-0.3, -0.25) is 9.59 Å². The summed E-state index contributed by atoms with van der Waals surface area (Å²) in [4.78, 5) is 56.3. The number of hydrogen-bond acceptors (Lipinski definition) is 5. The molecule has 2 heterocycles. The number of ether oxygens (including phenoxy) is 1. The Hall–Kier alpha value is -4.08. The number of aryl methyl sites for hydroxylation is 1. The molecule has 45 heavy (non-hydrogen) atoms. The van der Waals surface area contributed by atoms with Gasteiger partial charge in [-0.2, -0.15) is 0 Å². The second kappa shape index (κ2) is 15.8. The summed E-state index contributed by atoms with van der Waals surface area (Å²) in [6.07, 6.45) is 3.66. The smallest absolute Gasteiger partial charge is 0.407 e. The fourth-order valence-corrected chi connectivity index (χ4v) is 6.37. The van der Waals surface area contributed by atoms with Gasteiger partial charge in [0, 0.05) is 31.9 Å². The van der Waals surface area contributed by atoms with Gasteiger partial charge in [-0.05, 0) is 67.6 Å². The van der Waals surface area contributed by atoms with Gasteiger partial charge in [-0.15, -0.1) is 0 Å². The summed E-state index contributed by atoms with van der Waals surface area (Å²) < 4.78 is 5.24. The maximum Gasteiger partial charge on any atom is 0.407 e. The van der Waals surface area contributed by atoms with Crippen molar-refractivity contribution < 1.29 is 23.9 Å². The largest absolute Gasteiger partial charge is 0.445 e. The first-order chi connectivity index (χ1) is 21.7. The molecule has 2 fully saturated rings. The highest BCUT2D eigenvalue weighted by Gasteiger charge is 2.53. The Labute approximate surface area is 267 Å². The fraction of sp³-hybridized carbons (Fsp3) is 0.543. The Kier molecular flexibility index (Phi) is 11.8. The molecule has 5 amide bonds. The van der Waals surface area contributed by atoms with Gasteiger partial charge in [0.1, 0.15) is 18.2 Å². The number of unbranched alkanes of at least 4 members (excludes halogenated alkanes) is 1. The van der Waals surface area contributed by atoms with Gasteiger partial charge in [0.05, 0.1) is 0 Å². The predicted octanol–water partition coefficient (Wildman–Crippen LogP) is 5.57. The van der Waals surface area contributed by atoms with Crippen LogP contribution in [0.5, 0.6) is 0 Å². The molecule has 1 spiro atoms. The summed E-state index contributed by atoms with van der Waals surface area (Å²) in [6, 6.07) is 14.8. The number of likely N-dealkylation sites (tertiary alicyclic amines) is 1. The Morgan fingerprint density at radius 1 is 1.02 bits per heavy atom. The highest BCUT2D eigenvalue weighted by atomic mass is 16.5. The molecule has 1 atom stereocenters. The minimum atomic E-state index is -0.950. The van der Waals surface area contributed by atoms with Crippen LogP contribution in [0.15, 0.2) is 48.5 Å². The van der Waals surface area contributed by atoms with Crippen LogP contribution in [0.1, 0.15) is 88.8 Å². The predicted molar refractivity (Wildman–Crippen MR) is 175 cm³/mol. The summed E-state index contributed by atoms with van der Waals surface area (Å²) in [5.74, 6) is 0.0614. The number of piperidine rings is 1. The maximum absolute atomic E-state index is 13.7. The summed E-state index contributed by atoms with van der Waals surface area (Å²) in [5.41, 5.74) is 3.04. The summed E-state index contributed by atoms with van der Waals surface area (Å²) in [7, 11) is 0. The summed E-state index contributed by atoms with van der Waals surface area (Å²) >= 11 is 0. The van der Waals surface area contributed by atoms with Gasteiger partial charge in [-0.1, -0.05) is 76.2 Å². The number of para-hydroxylation sites is 1. The topological polar surface area (TPSA) is 120 Å². The number of alkyl carbamates (subject to hydrolysis) is 1. The molecule has 4 rings (SSSR count). The zero-order chi connectivity index (χ0) is 32.4. The molecule has 10 nitrogen and oxygen atoms in total. The van der Waals surface area contributed by atoms with Gasteiger partial charge in [0.15, 0.2) is 0 Å². The number of piperazine rings is 1. The quantitative estimate of drug-likeness (QED) is 0.268. The molecular formula is C35H49N5O5. The van der Waals surface area contributed by atoms with E-state index in [1.807, 2.05) is 49.4 Å². The van der Waals surface area contributed by atoms with E-state index < -0.39 is 17.7 Å². The van der Waals surface area contributed by atoms with Crippen molar-refractivity contribution in [1.82, 2.24) is 20.4 Å². The minimum Gasteiger partial charge on any atom is -0.445 e. The molecule has 0 bridgehead atoms. The molecule has 2 saturated heterocycles. The second-order valence-corrected chi connectivity index (χ2v) is 12.3. The average molecular weight is 620 g/mol. The number of nitrogens with one attached hydrogen (secondary N) is 3. The SMILES string of the molecule is CCCN1C(=O)[C@H](CCCCNC(=O)OCc2ccccc2)NC(=O)C12CCN(C(=O)Nc1c(CC)cccc1C(C)C)CC2. The lowest BCUT2D eigenvalue weighted by Gasteiger charge is -2.51. The van der Waals surface area contributed by atoms with Crippen LogP contribution in [0, 0.1) is 0 Å². The third-order valence-electron chi connectivity index (χ3n) is 8.95. The first kappa shape index (κ1) is 33.8. The Morgan fingerprint density at radius 2 is 1.76 bits per heavy atom. The Morgan fingerprint density at radius 3 is 2.42 bits per heavy atom. The van der Waals surface area contributed by atoms with Crippen molar-refractivity contribution in [3.8, 4) is 0 Å². The number of carbonyl (C=O) groups excluding carboxylic acids is 4. The number of rotatable bonds is 12. The molecule has 244 valence electrons. The van der Waals surface area contributed by atoms with Gasteiger partial charge in [0.25, 0.3) is 0 Å². The molecule has 2 aromatic rings. The van der Waals surface area contributed by atoms with Crippen LogP contribution in [-0.2, 0) is 27.4 Å². The van der Waals surface area contributed by atoms with Crippen LogP contribution < -0.4 is 16.0 Å². The molecule has 0 saturated carbocycles. The van der Waals surface area contributed by atoms with E-state index in [-0.39, 0.29) is 30.4 Å². The van der Waals surface area contributed by atoms with Gasteiger partial charge < -0.3 is 30.5 Å². The Balaban J connectivity index is 1.28. The van der Waals surface area contributed by atoms with Crippen LogP contribution in [0.2, 0.25) is 0 Å². The van der Waals surface area contributed by atoms with Crippen molar-refractivity contribution in [2.75, 3.05) is 31.5 Å². The number of nitrogens with zero attached hydrogens (tertiary/aromatic N) is 2. The molecule has 0 aliphatic carbocycles. The van der Waals surface area contributed by atoms with Crippen LogP contribution in [0.25, 0.3) is 0 Å². The summed E-state index contributed by atoms with van der Waals surface area (Å²) in [5, 5.41) is 8.92.